The summed E-state index contributed by atoms with van der Waals surface area (Å²) in [6.45, 7) is 5.72. The quantitative estimate of drug-likeness (QED) is 0.221. The number of allylic oxidation sites excluding steroid dienone is 2. The molecule has 9 nitrogen and oxygen atoms in total. The number of rotatable bonds is 10. The summed E-state index contributed by atoms with van der Waals surface area (Å²) < 4.78 is 39.0. The molecule has 0 aromatic heterocycles. The third kappa shape index (κ3) is 12.8. The fourth-order valence-electron chi connectivity index (χ4n) is 1.52. The van der Waals surface area contributed by atoms with Crippen molar-refractivity contribution >= 4 is 77.0 Å². The maximum atomic E-state index is 11.4. The third-order valence-corrected chi connectivity index (χ3v) is 7.99. The van der Waals surface area contributed by atoms with E-state index in [4.69, 9.17) is 14.0 Å². The number of esters is 2. The largest absolute Gasteiger partial charge is 0.481 e. The normalized spacial score (nSPS) is 14.7. The molecule has 0 aliphatic rings. The molecule has 0 saturated heterocycles. The molecule has 0 aromatic carbocycles. The van der Waals surface area contributed by atoms with Crippen molar-refractivity contribution in [1.82, 2.24) is 0 Å². The molecular weight excluding hydrogens is 419 g/mol. The molecule has 2 N–H and O–H groups in total. The Hall–Kier alpha value is -0.564. The van der Waals surface area contributed by atoms with Gasteiger partial charge in [-0.3, -0.25) is 4.79 Å². The molecule has 0 spiro atoms. The minimum Gasteiger partial charge on any atom is -0.481 e. The molecule has 11 heteroatoms. The van der Waals surface area contributed by atoms with E-state index >= 15 is 0 Å². The van der Waals surface area contributed by atoms with Gasteiger partial charge in [0.25, 0.3) is 0 Å². The summed E-state index contributed by atoms with van der Waals surface area (Å²) in [5.41, 5.74) is -1.44. The number of hydrogen-bond donors (Lipinski definition) is 2. The van der Waals surface area contributed by atoms with Crippen LogP contribution in [0.3, 0.4) is 0 Å². The van der Waals surface area contributed by atoms with E-state index in [1.807, 2.05) is 0 Å². The minimum atomic E-state index is -3.71. The molecule has 0 saturated carbocycles. The Morgan fingerprint density at radius 1 is 1.07 bits per heavy atom. The first-order valence-corrected chi connectivity index (χ1v) is 12.4. The summed E-state index contributed by atoms with van der Waals surface area (Å²) in [5, 5.41) is 8.75. The van der Waals surface area contributed by atoms with Crippen LogP contribution >= 0.6 is 0 Å². The molecule has 0 aromatic rings. The summed E-state index contributed by atoms with van der Waals surface area (Å²) >= 11 is 0.502. The van der Waals surface area contributed by atoms with E-state index in [0.29, 0.717) is 49.5 Å². The molecule has 1 unspecified atom stereocenters. The molecule has 0 amide bonds. The summed E-state index contributed by atoms with van der Waals surface area (Å²) in [6.07, 6.45) is 5.52. The predicted octanol–water partition coefficient (Wildman–Crippen LogP) is 1.56. The maximum Gasteiger partial charge on any atom is 0.330 e. The van der Waals surface area contributed by atoms with Gasteiger partial charge in [-0.25, -0.2) is 9.59 Å². The van der Waals surface area contributed by atoms with Gasteiger partial charge in [0.2, 0.25) is 0 Å². The fraction of sp³-hybridized carbons (Fsp3) is 0.588. The molecule has 1 atom stereocenters. The van der Waals surface area contributed by atoms with Gasteiger partial charge in [-0.05, 0) is 20.3 Å². The zero-order valence-electron chi connectivity index (χ0n) is 16.9. The van der Waals surface area contributed by atoms with Crippen molar-refractivity contribution in [3.8, 4) is 0 Å². The Labute approximate surface area is 199 Å². The average Bonchev–Trinajstić information content (AvgIpc) is 2.61. The van der Waals surface area contributed by atoms with Crippen molar-refractivity contribution in [2.45, 2.75) is 39.9 Å². The first kappa shape index (κ1) is 29.6. The Morgan fingerprint density at radius 3 is 1.64 bits per heavy atom. The van der Waals surface area contributed by atoms with Gasteiger partial charge in [0, 0.05) is 12.2 Å². The minimum absolute atomic E-state index is 0.161. The van der Waals surface area contributed by atoms with Crippen molar-refractivity contribution in [2.24, 2.45) is 5.41 Å². The molecule has 156 valence electrons. The summed E-state index contributed by atoms with van der Waals surface area (Å²) in [5.74, 6) is -2.45. The van der Waals surface area contributed by atoms with Gasteiger partial charge in [0.1, 0.15) is 18.6 Å². The van der Waals surface area contributed by atoms with Gasteiger partial charge < -0.3 is 14.6 Å². The van der Waals surface area contributed by atoms with E-state index in [1.165, 1.54) is 31.2 Å². The number of aliphatic carboxylic acids is 1. The Bertz CT molecular complexity index is 640. The van der Waals surface area contributed by atoms with Crippen molar-refractivity contribution in [1.29, 1.82) is 0 Å². The maximum absolute atomic E-state index is 11.4. The molecule has 28 heavy (non-hydrogen) atoms. The van der Waals surface area contributed by atoms with E-state index in [-0.39, 0.29) is 19.6 Å². The van der Waals surface area contributed by atoms with Gasteiger partial charge in [-0.1, -0.05) is 19.1 Å². The van der Waals surface area contributed by atoms with Crippen LogP contribution in [-0.4, -0.2) is 103 Å². The van der Waals surface area contributed by atoms with Crippen LogP contribution in [0.1, 0.15) is 34.1 Å². The number of ether oxygens (including phenoxy) is 2. The van der Waals surface area contributed by atoms with Crippen LogP contribution in [0.15, 0.2) is 24.3 Å². The second-order valence-corrected chi connectivity index (χ2v) is 9.00. The predicted molar refractivity (Wildman–Crippen MR) is 103 cm³/mol. The molecule has 0 heterocycles. The molecule has 0 rings (SSSR count). The molecule has 0 bridgehead atoms. The van der Waals surface area contributed by atoms with Crippen LogP contribution in [0.25, 0.3) is 0 Å². The molecule has 0 aliphatic heterocycles. The SMILES string of the molecule is CC([CH2][K])S(=O)(=O)O.CC=CC(=O)OCC(CC)(COC(=O)C=CC)C(=O)O. The van der Waals surface area contributed by atoms with Crippen molar-refractivity contribution < 1.29 is 41.9 Å². The van der Waals surface area contributed by atoms with Crippen LogP contribution in [0, 0.1) is 5.41 Å². The third-order valence-electron chi connectivity index (χ3n) is 3.80. The van der Waals surface area contributed by atoms with Crippen LogP contribution < -0.4 is 0 Å². The number of carboxylic acid groups (broad SMARTS) is 1. The van der Waals surface area contributed by atoms with Crippen molar-refractivity contribution in [3.05, 3.63) is 24.3 Å². The Balaban J connectivity index is 0. The second kappa shape index (κ2) is 15.3. The number of carboxylic acids is 1. The van der Waals surface area contributed by atoms with Gasteiger partial charge in [-0.2, -0.15) is 0 Å². The molecular formula is C17H27KO9S. The zero-order chi connectivity index (χ0) is 22.4. The summed E-state index contributed by atoms with van der Waals surface area (Å²) in [7, 11) is -3.71. The average molecular weight is 447 g/mol. The molecule has 0 radical (unpaired) electrons. The Kier molecular flexibility index (Phi) is 16.2. The Morgan fingerprint density at radius 2 is 1.46 bits per heavy atom. The smallest absolute Gasteiger partial charge is 0.330 e. The van der Waals surface area contributed by atoms with Gasteiger partial charge >= 0.3 is 103 Å². The van der Waals surface area contributed by atoms with Gasteiger partial charge in [0.05, 0.1) is 0 Å². The topological polar surface area (TPSA) is 144 Å². The first-order valence-electron chi connectivity index (χ1n) is 8.68. The number of hydrogen-bond acceptors (Lipinski definition) is 7. The van der Waals surface area contributed by atoms with Crippen LogP contribution in [0.2, 0.25) is 0.515 Å². The van der Waals surface area contributed by atoms with Gasteiger partial charge in [0.15, 0.2) is 0 Å². The van der Waals surface area contributed by atoms with E-state index in [9.17, 15) is 27.9 Å². The summed E-state index contributed by atoms with van der Waals surface area (Å²) in [6, 6.07) is 0. The van der Waals surface area contributed by atoms with E-state index in [2.05, 4.69) is 0 Å². The van der Waals surface area contributed by atoms with Crippen molar-refractivity contribution in [2.75, 3.05) is 13.2 Å². The van der Waals surface area contributed by atoms with Gasteiger partial charge in [-0.15, -0.1) is 0 Å². The van der Waals surface area contributed by atoms with E-state index in [1.54, 1.807) is 20.8 Å². The summed E-state index contributed by atoms with van der Waals surface area (Å²) in [4.78, 5) is 33.9. The van der Waals surface area contributed by atoms with Crippen LogP contribution in [0.5, 0.6) is 0 Å². The monoisotopic (exact) mass is 446 g/mol. The first-order chi connectivity index (χ1) is 12.9. The fourth-order valence-corrected chi connectivity index (χ4v) is 3.91. The van der Waals surface area contributed by atoms with E-state index in [0.717, 1.165) is 0 Å². The molecule has 0 aliphatic carbocycles. The van der Waals surface area contributed by atoms with E-state index < -0.39 is 38.7 Å². The second-order valence-electron chi connectivity index (χ2n) is 5.89. The van der Waals surface area contributed by atoms with Crippen LogP contribution in [0.4, 0.5) is 0 Å². The zero-order valence-corrected chi connectivity index (χ0v) is 20.8. The van der Waals surface area contributed by atoms with Crippen LogP contribution in [-0.2, 0) is 34.0 Å². The standard InChI is InChI=1S/C14H20O6.C3H7O3S.K/c1-4-7-11(15)19-9-14(6-3,13(17)18)10-20-12(16)8-5-2;1-3(2)7(4,5)6;/h4-5,7-8H,6,9-10H2,1-3H3,(H,17,18);3H,1H2,2H3,(H,4,5,6);. The van der Waals surface area contributed by atoms with Crippen molar-refractivity contribution in [3.63, 3.8) is 0 Å². The number of carbonyl (C=O) groups excluding carboxylic acids is 2. The number of carbonyl (C=O) groups is 3. The molecule has 0 fully saturated rings.